The van der Waals surface area contributed by atoms with E-state index in [4.69, 9.17) is 0 Å². The molecule has 0 aromatic carbocycles. The van der Waals surface area contributed by atoms with Gasteiger partial charge in [-0.05, 0) is 73.0 Å². The minimum absolute atomic E-state index is 0.0852. The Hall–Kier alpha value is -1.21. The average Bonchev–Trinajstić information content (AvgIpc) is 2.80. The molecule has 0 aliphatic heterocycles. The van der Waals surface area contributed by atoms with Crippen molar-refractivity contribution in [2.45, 2.75) is 97.9 Å². The summed E-state index contributed by atoms with van der Waals surface area (Å²) in [4.78, 5) is 12.8. The number of aliphatic carboxylic acids is 1. The maximum absolute atomic E-state index is 12.8. The highest BCUT2D eigenvalue weighted by Crippen LogP contribution is 2.75. The molecule has 0 amide bonds. The summed E-state index contributed by atoms with van der Waals surface area (Å²) in [5.41, 5.74) is -0.502. The van der Waals surface area contributed by atoms with E-state index >= 15 is 0 Å². The van der Waals surface area contributed by atoms with Gasteiger partial charge in [-0.15, -0.1) is 0 Å². The molecule has 6 heteroatoms. The highest BCUT2D eigenvalue weighted by Gasteiger charge is 2.72. The molecular formula is C30H46O6. The van der Waals surface area contributed by atoms with Crippen molar-refractivity contribution in [1.82, 2.24) is 0 Å². The van der Waals surface area contributed by atoms with Crippen LogP contribution in [-0.2, 0) is 4.79 Å². The van der Waals surface area contributed by atoms with E-state index in [9.17, 15) is 30.3 Å². The summed E-state index contributed by atoms with van der Waals surface area (Å²) >= 11 is 0. The van der Waals surface area contributed by atoms with Gasteiger partial charge in [0.2, 0.25) is 0 Å². The molecule has 0 saturated heterocycles. The van der Waals surface area contributed by atoms with Gasteiger partial charge in [0.25, 0.3) is 0 Å². The van der Waals surface area contributed by atoms with Crippen LogP contribution in [0.4, 0.5) is 0 Å². The van der Waals surface area contributed by atoms with E-state index in [1.165, 1.54) is 5.57 Å². The van der Waals surface area contributed by atoms with Gasteiger partial charge in [0.1, 0.15) is 0 Å². The molecule has 5 N–H and O–H groups in total. The molecule has 5 aliphatic rings. The zero-order chi connectivity index (χ0) is 26.6. The zero-order valence-corrected chi connectivity index (χ0v) is 22.6. The molecule has 0 bridgehead atoms. The first-order valence-corrected chi connectivity index (χ1v) is 13.9. The van der Waals surface area contributed by atoms with Gasteiger partial charge in [-0.1, -0.05) is 58.4 Å². The number of carboxylic acid groups (broad SMARTS) is 1. The number of aliphatic hydroxyl groups excluding tert-OH is 4. The lowest BCUT2D eigenvalue weighted by atomic mass is 9.32. The smallest absolute Gasteiger partial charge is 0.310 e. The largest absolute Gasteiger partial charge is 0.481 e. The van der Waals surface area contributed by atoms with Crippen molar-refractivity contribution < 1.29 is 30.3 Å². The lowest BCUT2D eigenvalue weighted by Gasteiger charge is -2.72. The summed E-state index contributed by atoms with van der Waals surface area (Å²) in [6.45, 7) is 14.7. The first-order valence-electron chi connectivity index (χ1n) is 13.9. The van der Waals surface area contributed by atoms with Gasteiger partial charge in [0, 0.05) is 17.3 Å². The minimum Gasteiger partial charge on any atom is -0.481 e. The van der Waals surface area contributed by atoms with Crippen LogP contribution >= 0.6 is 0 Å². The topological polar surface area (TPSA) is 118 Å². The summed E-state index contributed by atoms with van der Waals surface area (Å²) in [5.74, 6) is -0.931. The standard InChI is InChI=1S/C30H46O6/c1-16-9-10-30(25(35)36)12-11-28(5)18(22(30)17(16)2)7-8-21-26(3)13-20(33)24(34)27(4,15-31)23(26)19(32)14-29(21,28)6/h7,17,19-24,31-34H,1,8-15H2,2-6H3,(H,35,36). The molecule has 4 fully saturated rings. The summed E-state index contributed by atoms with van der Waals surface area (Å²) in [5, 5.41) is 54.6. The van der Waals surface area contributed by atoms with Gasteiger partial charge < -0.3 is 25.5 Å². The SMILES string of the molecule is C=C1CCC2(C(=O)O)CCC3(C)C(=CCC4C5(C)CC(O)C(O)C(C)(CO)C5C(O)CC43C)C2C1C. The van der Waals surface area contributed by atoms with Crippen LogP contribution in [0.25, 0.3) is 0 Å². The van der Waals surface area contributed by atoms with E-state index in [-0.39, 0.29) is 41.1 Å². The third-order valence-electron chi connectivity index (χ3n) is 13.0. The second-order valence-electron chi connectivity index (χ2n) is 14.2. The number of hydrogen-bond donors (Lipinski definition) is 5. The van der Waals surface area contributed by atoms with Crippen molar-refractivity contribution in [1.29, 1.82) is 0 Å². The molecule has 4 saturated carbocycles. The quantitative estimate of drug-likeness (QED) is 0.365. The van der Waals surface area contributed by atoms with Crippen LogP contribution in [0.2, 0.25) is 0 Å². The number of carbonyl (C=O) groups is 1. The molecule has 12 unspecified atom stereocenters. The Labute approximate surface area is 215 Å². The number of hydrogen-bond acceptors (Lipinski definition) is 5. The predicted molar refractivity (Wildman–Crippen MR) is 137 cm³/mol. The highest BCUT2D eigenvalue weighted by atomic mass is 16.4. The van der Waals surface area contributed by atoms with E-state index in [2.05, 4.69) is 40.3 Å². The highest BCUT2D eigenvalue weighted by molar-refractivity contribution is 5.77. The number of fused-ring (bicyclic) bond motifs is 7. The van der Waals surface area contributed by atoms with Crippen molar-refractivity contribution in [2.24, 2.45) is 50.7 Å². The maximum Gasteiger partial charge on any atom is 0.310 e. The van der Waals surface area contributed by atoms with Gasteiger partial charge in [-0.2, -0.15) is 0 Å². The van der Waals surface area contributed by atoms with Gasteiger partial charge in [0.15, 0.2) is 0 Å². The molecule has 6 nitrogen and oxygen atoms in total. The molecular weight excluding hydrogens is 456 g/mol. The summed E-state index contributed by atoms with van der Waals surface area (Å²) in [6, 6.07) is 0. The number of aliphatic hydroxyl groups is 4. The van der Waals surface area contributed by atoms with Crippen molar-refractivity contribution in [3.05, 3.63) is 23.8 Å². The third kappa shape index (κ3) is 2.91. The maximum atomic E-state index is 12.8. The predicted octanol–water partition coefficient (Wildman–Crippen LogP) is 3.92. The second kappa shape index (κ2) is 7.91. The molecule has 0 aromatic rings. The van der Waals surface area contributed by atoms with Crippen LogP contribution in [0.1, 0.15) is 79.6 Å². The first kappa shape index (κ1) is 26.4. The normalized spacial score (nSPS) is 56.5. The molecule has 5 aliphatic carbocycles. The van der Waals surface area contributed by atoms with E-state index in [1.54, 1.807) is 6.92 Å². The van der Waals surface area contributed by atoms with E-state index in [0.717, 1.165) is 24.8 Å². The van der Waals surface area contributed by atoms with E-state index in [1.807, 2.05) is 0 Å². The molecule has 202 valence electrons. The molecule has 0 aromatic heterocycles. The Morgan fingerprint density at radius 3 is 2.33 bits per heavy atom. The number of carboxylic acids is 1. The average molecular weight is 503 g/mol. The summed E-state index contributed by atoms with van der Waals surface area (Å²) in [7, 11) is 0. The molecule has 0 heterocycles. The Kier molecular flexibility index (Phi) is 5.80. The second-order valence-corrected chi connectivity index (χ2v) is 14.2. The molecule has 0 radical (unpaired) electrons. The fourth-order valence-corrected chi connectivity index (χ4v) is 10.9. The lowest BCUT2D eigenvalue weighted by molar-refractivity contribution is -0.273. The Balaban J connectivity index is 1.66. The number of rotatable bonds is 2. The van der Waals surface area contributed by atoms with Crippen LogP contribution in [0.15, 0.2) is 23.8 Å². The number of allylic oxidation sites excluding steroid dienone is 3. The van der Waals surface area contributed by atoms with Gasteiger partial charge >= 0.3 is 5.97 Å². The molecule has 36 heavy (non-hydrogen) atoms. The Morgan fingerprint density at radius 1 is 1.06 bits per heavy atom. The Bertz CT molecular complexity index is 1010. The lowest BCUT2D eigenvalue weighted by Crippen LogP contribution is -2.71. The van der Waals surface area contributed by atoms with Gasteiger partial charge in [-0.25, -0.2) is 0 Å². The first-order chi connectivity index (χ1) is 16.6. The summed E-state index contributed by atoms with van der Waals surface area (Å²) < 4.78 is 0. The summed E-state index contributed by atoms with van der Waals surface area (Å²) in [6.07, 6.45) is 3.93. The van der Waals surface area contributed by atoms with Crippen molar-refractivity contribution in [2.75, 3.05) is 6.61 Å². The molecule has 0 spiro atoms. The zero-order valence-electron chi connectivity index (χ0n) is 22.6. The van der Waals surface area contributed by atoms with Crippen LogP contribution in [0.5, 0.6) is 0 Å². The Morgan fingerprint density at radius 2 is 1.72 bits per heavy atom. The van der Waals surface area contributed by atoms with Crippen LogP contribution < -0.4 is 0 Å². The van der Waals surface area contributed by atoms with Crippen LogP contribution in [0.3, 0.4) is 0 Å². The van der Waals surface area contributed by atoms with Crippen molar-refractivity contribution in [3.63, 3.8) is 0 Å². The van der Waals surface area contributed by atoms with E-state index in [0.29, 0.717) is 25.7 Å². The fourth-order valence-electron chi connectivity index (χ4n) is 10.9. The molecule has 12 atom stereocenters. The third-order valence-corrected chi connectivity index (χ3v) is 13.0. The van der Waals surface area contributed by atoms with Gasteiger partial charge in [-0.3, -0.25) is 4.79 Å². The van der Waals surface area contributed by atoms with Gasteiger partial charge in [0.05, 0.1) is 30.3 Å². The van der Waals surface area contributed by atoms with Crippen LogP contribution in [0, 0.1) is 50.7 Å². The van der Waals surface area contributed by atoms with Crippen molar-refractivity contribution in [3.8, 4) is 0 Å². The monoisotopic (exact) mass is 502 g/mol. The van der Waals surface area contributed by atoms with Crippen molar-refractivity contribution >= 4 is 5.97 Å². The van der Waals surface area contributed by atoms with Crippen LogP contribution in [-0.4, -0.2) is 56.4 Å². The fraction of sp³-hybridized carbons (Fsp3) is 0.833. The minimum atomic E-state index is -1.09. The molecule has 5 rings (SSSR count). The van der Waals surface area contributed by atoms with E-state index < -0.39 is 40.5 Å².